The Bertz CT molecular complexity index is 1910. The van der Waals surface area contributed by atoms with Crippen LogP contribution in [0.4, 0.5) is 0 Å². The monoisotopic (exact) mass is 596 g/mol. The Morgan fingerprint density at radius 2 is 1.36 bits per heavy atom. The van der Waals surface area contributed by atoms with Crippen molar-refractivity contribution in [3.05, 3.63) is 155 Å². The summed E-state index contributed by atoms with van der Waals surface area (Å²) in [6.45, 7) is 1.22. The minimum absolute atomic E-state index is 0.0653. The summed E-state index contributed by atoms with van der Waals surface area (Å²) < 4.78 is 17.5. The van der Waals surface area contributed by atoms with E-state index in [9.17, 15) is 5.11 Å². The highest BCUT2D eigenvalue weighted by molar-refractivity contribution is 5.54. The first-order valence-corrected chi connectivity index (χ1v) is 15.2. The smallest absolute Gasteiger partial charge is 0.190 e. The van der Waals surface area contributed by atoms with Crippen LogP contribution < -0.4 is 14.0 Å². The number of pyridine rings is 1. The van der Waals surface area contributed by atoms with E-state index in [0.717, 1.165) is 46.0 Å². The van der Waals surface area contributed by atoms with Crippen LogP contribution in [-0.4, -0.2) is 38.9 Å². The number of nitrogens with zero attached hydrogens (tertiary/aromatic N) is 5. The molecule has 8 heteroatoms. The van der Waals surface area contributed by atoms with Crippen LogP contribution in [0.5, 0.6) is 17.2 Å². The van der Waals surface area contributed by atoms with Crippen molar-refractivity contribution in [2.24, 2.45) is 0 Å². The molecular weight excluding hydrogens is 562 g/mol. The molecule has 5 heterocycles. The van der Waals surface area contributed by atoms with E-state index in [1.807, 2.05) is 48.8 Å². The molecule has 0 saturated carbocycles. The van der Waals surface area contributed by atoms with Gasteiger partial charge < -0.3 is 14.6 Å². The van der Waals surface area contributed by atoms with E-state index in [1.165, 1.54) is 11.3 Å². The summed E-state index contributed by atoms with van der Waals surface area (Å²) in [6.07, 6.45) is 6.83. The maximum absolute atomic E-state index is 10.8. The lowest BCUT2D eigenvalue weighted by molar-refractivity contribution is -0.732. The Labute approximate surface area is 261 Å². The molecule has 1 aliphatic carbocycles. The van der Waals surface area contributed by atoms with Gasteiger partial charge in [0.2, 0.25) is 0 Å². The van der Waals surface area contributed by atoms with Crippen LogP contribution in [0.15, 0.2) is 116 Å². The third-order valence-corrected chi connectivity index (χ3v) is 9.63. The Hall–Kier alpha value is -5.37. The van der Waals surface area contributed by atoms with E-state index < -0.39 is 5.41 Å². The number of hydrogen-bond donors (Lipinski definition) is 1. The van der Waals surface area contributed by atoms with Crippen molar-refractivity contribution < 1.29 is 19.1 Å². The fourth-order valence-electron chi connectivity index (χ4n) is 7.69. The average molecular weight is 597 g/mol. The summed E-state index contributed by atoms with van der Waals surface area (Å²) >= 11 is 0. The maximum atomic E-state index is 10.8. The number of methoxy groups -OCH3 is 2. The van der Waals surface area contributed by atoms with Crippen LogP contribution >= 0.6 is 0 Å². The van der Waals surface area contributed by atoms with Crippen molar-refractivity contribution in [2.45, 2.75) is 36.9 Å². The number of aromatic hydroxyl groups is 1. The highest BCUT2D eigenvalue weighted by Gasteiger charge is 2.61. The minimum atomic E-state index is -0.529. The average Bonchev–Trinajstić information content (AvgIpc) is 3.75. The number of phenols is 1. The van der Waals surface area contributed by atoms with Crippen LogP contribution in [-0.2, 0) is 18.5 Å². The van der Waals surface area contributed by atoms with Crippen molar-refractivity contribution in [2.75, 3.05) is 14.2 Å². The summed E-state index contributed by atoms with van der Waals surface area (Å²) in [5.41, 5.74) is 7.59. The normalized spacial score (nSPS) is 17.5. The molecule has 0 amide bonds. The zero-order valence-electron chi connectivity index (χ0n) is 25.2. The lowest BCUT2D eigenvalue weighted by Crippen LogP contribution is -2.60. The SMILES string of the molecule is COc1ccc(Cn2nccc2C2(c3ccnn3Cc3ccc(OC)cc3)CC3c4ccc(O)cc4C2c2cccc[n+]23)cc1. The second-order valence-electron chi connectivity index (χ2n) is 11.9. The Morgan fingerprint density at radius 1 is 0.756 bits per heavy atom. The lowest BCUT2D eigenvalue weighted by Gasteiger charge is -2.49. The summed E-state index contributed by atoms with van der Waals surface area (Å²) in [6, 6.07) is 33.1. The first-order valence-electron chi connectivity index (χ1n) is 15.2. The highest BCUT2D eigenvalue weighted by atomic mass is 16.5. The number of aromatic nitrogens is 5. The van der Waals surface area contributed by atoms with E-state index >= 15 is 0 Å². The number of ether oxygens (including phenoxy) is 2. The predicted molar refractivity (Wildman–Crippen MR) is 169 cm³/mol. The van der Waals surface area contributed by atoms with E-state index in [2.05, 4.69) is 80.8 Å². The zero-order chi connectivity index (χ0) is 30.5. The maximum Gasteiger partial charge on any atom is 0.190 e. The first-order chi connectivity index (χ1) is 22.1. The molecule has 2 aliphatic heterocycles. The van der Waals surface area contributed by atoms with E-state index in [-0.39, 0.29) is 17.7 Å². The molecule has 6 aromatic rings. The largest absolute Gasteiger partial charge is 0.508 e. The highest BCUT2D eigenvalue weighted by Crippen LogP contribution is 2.59. The molecular formula is C37H34N5O3+. The molecule has 45 heavy (non-hydrogen) atoms. The van der Waals surface area contributed by atoms with Crippen molar-refractivity contribution in [3.8, 4) is 17.2 Å². The summed E-state index contributed by atoms with van der Waals surface area (Å²) in [5, 5.41) is 20.6. The Morgan fingerprint density at radius 3 is 1.93 bits per heavy atom. The number of phenolic OH excluding ortho intramolecular Hbond substituents is 1. The molecule has 3 aliphatic rings. The molecule has 3 aromatic carbocycles. The number of fused-ring (bicyclic) bond motifs is 1. The molecule has 8 nitrogen and oxygen atoms in total. The fourth-order valence-corrected chi connectivity index (χ4v) is 7.69. The van der Waals surface area contributed by atoms with Crippen LogP contribution in [0.1, 0.15) is 57.7 Å². The van der Waals surface area contributed by atoms with Crippen LogP contribution in [0.2, 0.25) is 0 Å². The summed E-state index contributed by atoms with van der Waals surface area (Å²) in [7, 11) is 3.37. The molecule has 0 fully saturated rings. The van der Waals surface area contributed by atoms with Crippen molar-refractivity contribution in [1.82, 2.24) is 19.6 Å². The summed E-state index contributed by atoms with van der Waals surface area (Å²) in [5.74, 6) is 1.83. The second-order valence-corrected chi connectivity index (χ2v) is 11.9. The van der Waals surface area contributed by atoms with Gasteiger partial charge >= 0.3 is 0 Å². The summed E-state index contributed by atoms with van der Waals surface area (Å²) in [4.78, 5) is 0. The lowest BCUT2D eigenvalue weighted by atomic mass is 9.55. The molecule has 2 unspecified atom stereocenters. The molecule has 9 rings (SSSR count). The molecule has 0 spiro atoms. The number of hydrogen-bond acceptors (Lipinski definition) is 5. The van der Waals surface area contributed by atoms with Gasteiger partial charge in [-0.05, 0) is 71.3 Å². The van der Waals surface area contributed by atoms with Gasteiger partial charge in [-0.3, -0.25) is 9.36 Å². The van der Waals surface area contributed by atoms with Gasteiger partial charge in [-0.2, -0.15) is 14.8 Å². The number of rotatable bonds is 8. The third kappa shape index (κ3) is 4.31. The molecule has 2 bridgehead atoms. The molecule has 2 atom stereocenters. The van der Waals surface area contributed by atoms with Gasteiger partial charge in [-0.15, -0.1) is 0 Å². The molecule has 0 radical (unpaired) electrons. The van der Waals surface area contributed by atoms with Gasteiger partial charge in [0.05, 0.1) is 50.0 Å². The first kappa shape index (κ1) is 27.2. The van der Waals surface area contributed by atoms with Gasteiger partial charge in [0.1, 0.15) is 17.2 Å². The Kier molecular flexibility index (Phi) is 6.44. The van der Waals surface area contributed by atoms with E-state index in [1.54, 1.807) is 14.2 Å². The Balaban J connectivity index is 1.34. The quantitative estimate of drug-likeness (QED) is 0.231. The van der Waals surface area contributed by atoms with Crippen molar-refractivity contribution in [3.63, 3.8) is 0 Å². The molecule has 3 aromatic heterocycles. The second kappa shape index (κ2) is 10.7. The number of benzene rings is 3. The predicted octanol–water partition coefficient (Wildman–Crippen LogP) is 5.61. The van der Waals surface area contributed by atoms with Crippen LogP contribution in [0, 0.1) is 0 Å². The topological polar surface area (TPSA) is 78.2 Å². The molecule has 224 valence electrons. The molecule has 1 N–H and O–H groups in total. The van der Waals surface area contributed by atoms with Crippen LogP contribution in [0.3, 0.4) is 0 Å². The van der Waals surface area contributed by atoms with Gasteiger partial charge in [-0.1, -0.05) is 30.3 Å². The third-order valence-electron chi connectivity index (χ3n) is 9.63. The van der Waals surface area contributed by atoms with Crippen LogP contribution in [0.25, 0.3) is 0 Å². The molecule has 0 saturated heterocycles. The minimum Gasteiger partial charge on any atom is -0.508 e. The standard InChI is InChI=1S/C37H33N5O3/c1-44-28-11-6-25(7-12-28)23-41-34(16-18-38-41)37(35-17-19-39-42(35)24-26-8-13-29(45-2)14-9-26)22-33-30-15-10-27(43)21-31(30)36(37)32-5-3-4-20-40(32)33/h3-21,33,36H,22-24H2,1-2H3/p+1. The van der Waals surface area contributed by atoms with E-state index in [4.69, 9.17) is 19.7 Å². The van der Waals surface area contributed by atoms with Crippen molar-refractivity contribution in [1.29, 1.82) is 0 Å². The fraction of sp³-hybridized carbons (Fsp3) is 0.216. The van der Waals surface area contributed by atoms with Gasteiger partial charge in [0.15, 0.2) is 17.9 Å². The van der Waals surface area contributed by atoms with Crippen molar-refractivity contribution >= 4 is 0 Å². The van der Waals surface area contributed by atoms with Gasteiger partial charge in [0.25, 0.3) is 0 Å². The van der Waals surface area contributed by atoms with Gasteiger partial charge in [-0.25, -0.2) is 0 Å². The zero-order valence-corrected chi connectivity index (χ0v) is 25.2. The van der Waals surface area contributed by atoms with E-state index in [0.29, 0.717) is 13.1 Å². The van der Waals surface area contributed by atoms with Gasteiger partial charge in [0, 0.05) is 36.5 Å².